The van der Waals surface area contributed by atoms with Gasteiger partial charge in [-0.1, -0.05) is 6.92 Å². The number of aliphatic imine (C=N–C) groups is 1. The number of amidine groups is 1. The molecule has 0 aliphatic carbocycles. The van der Waals surface area contributed by atoms with Crippen molar-refractivity contribution >= 4 is 11.5 Å². The van der Waals surface area contributed by atoms with Crippen LogP contribution in [-0.2, 0) is 0 Å². The zero-order chi connectivity index (χ0) is 13.2. The number of pyridine rings is 1. The Morgan fingerprint density at radius 3 is 2.78 bits per heavy atom. The molecule has 4 nitrogen and oxygen atoms in total. The highest BCUT2D eigenvalue weighted by Gasteiger charge is 2.30. The third kappa shape index (κ3) is 2.67. The number of halogens is 1. The van der Waals surface area contributed by atoms with Crippen molar-refractivity contribution in [2.24, 2.45) is 16.1 Å². The van der Waals surface area contributed by atoms with Crippen molar-refractivity contribution in [2.45, 2.75) is 26.7 Å². The number of piperidine rings is 1. The van der Waals surface area contributed by atoms with Crippen molar-refractivity contribution in [3.63, 3.8) is 0 Å². The van der Waals surface area contributed by atoms with Crippen molar-refractivity contribution < 1.29 is 4.39 Å². The van der Waals surface area contributed by atoms with Gasteiger partial charge in [0.2, 0.25) is 0 Å². The van der Waals surface area contributed by atoms with E-state index in [-0.39, 0.29) is 11.2 Å². The fraction of sp³-hybridized carbons (Fsp3) is 0.538. The molecule has 0 unspecified atom stereocenters. The highest BCUT2D eigenvalue weighted by Crippen LogP contribution is 2.29. The Hall–Kier alpha value is -1.49. The van der Waals surface area contributed by atoms with Gasteiger partial charge in [-0.3, -0.25) is 4.98 Å². The van der Waals surface area contributed by atoms with E-state index in [1.165, 1.54) is 6.07 Å². The van der Waals surface area contributed by atoms with Gasteiger partial charge in [0.15, 0.2) is 0 Å². The highest BCUT2D eigenvalue weighted by atomic mass is 19.1. The van der Waals surface area contributed by atoms with Crippen LogP contribution in [0.4, 0.5) is 10.1 Å². The summed E-state index contributed by atoms with van der Waals surface area (Å²) < 4.78 is 13.4. The summed E-state index contributed by atoms with van der Waals surface area (Å²) in [6.45, 7) is 5.60. The third-order valence-electron chi connectivity index (χ3n) is 3.59. The average molecular weight is 250 g/mol. The minimum Gasteiger partial charge on any atom is -0.387 e. The molecule has 2 heterocycles. The molecule has 98 valence electrons. The van der Waals surface area contributed by atoms with Crippen LogP contribution in [-0.4, -0.2) is 23.9 Å². The molecule has 1 aliphatic heterocycles. The smallest absolute Gasteiger partial charge is 0.146 e. The average Bonchev–Trinajstić information content (AvgIpc) is 2.35. The molecule has 0 aromatic carbocycles. The van der Waals surface area contributed by atoms with Crippen LogP contribution in [0.5, 0.6) is 0 Å². The summed E-state index contributed by atoms with van der Waals surface area (Å²) in [4.78, 5) is 8.27. The highest BCUT2D eigenvalue weighted by molar-refractivity contribution is 5.88. The first-order valence-electron chi connectivity index (χ1n) is 6.19. The zero-order valence-electron chi connectivity index (χ0n) is 10.8. The van der Waals surface area contributed by atoms with Crippen molar-refractivity contribution in [3.8, 4) is 0 Å². The Morgan fingerprint density at radius 2 is 2.17 bits per heavy atom. The monoisotopic (exact) mass is 250 g/mol. The lowest BCUT2D eigenvalue weighted by molar-refractivity contribution is 0.326. The van der Waals surface area contributed by atoms with Crippen LogP contribution in [0.2, 0.25) is 0 Å². The van der Waals surface area contributed by atoms with E-state index in [9.17, 15) is 4.39 Å². The summed E-state index contributed by atoms with van der Waals surface area (Å²) in [6, 6.07) is 1.37. The van der Waals surface area contributed by atoms with E-state index >= 15 is 0 Å². The molecule has 1 aromatic rings. The number of nitrogens with zero attached hydrogens (tertiary/aromatic N) is 2. The first-order valence-corrected chi connectivity index (χ1v) is 6.19. The van der Waals surface area contributed by atoms with Gasteiger partial charge in [-0.25, -0.2) is 9.38 Å². The van der Waals surface area contributed by atoms with Crippen molar-refractivity contribution in [2.75, 3.05) is 13.1 Å². The second kappa shape index (κ2) is 5.02. The van der Waals surface area contributed by atoms with Crippen LogP contribution in [0, 0.1) is 18.2 Å². The number of rotatable bonds is 2. The molecule has 3 N–H and O–H groups in total. The molecular formula is C13H19FN4. The van der Waals surface area contributed by atoms with Gasteiger partial charge in [-0.15, -0.1) is 0 Å². The largest absolute Gasteiger partial charge is 0.387 e. The second-order valence-corrected chi connectivity index (χ2v) is 5.07. The summed E-state index contributed by atoms with van der Waals surface area (Å²) in [5.41, 5.74) is 6.83. The minimum absolute atomic E-state index is 0.105. The van der Waals surface area contributed by atoms with Gasteiger partial charge < -0.3 is 11.1 Å². The fourth-order valence-electron chi connectivity index (χ4n) is 2.07. The summed E-state index contributed by atoms with van der Waals surface area (Å²) in [6.07, 6.45) is 3.45. The van der Waals surface area contributed by atoms with Gasteiger partial charge in [0, 0.05) is 11.5 Å². The van der Waals surface area contributed by atoms with Gasteiger partial charge in [-0.05, 0) is 32.9 Å². The van der Waals surface area contributed by atoms with Crippen molar-refractivity contribution in [1.29, 1.82) is 0 Å². The van der Waals surface area contributed by atoms with E-state index in [1.807, 2.05) is 0 Å². The number of aromatic nitrogens is 1. The van der Waals surface area contributed by atoms with Crippen LogP contribution in [0.25, 0.3) is 0 Å². The molecule has 1 aromatic heterocycles. The van der Waals surface area contributed by atoms with Gasteiger partial charge in [0.25, 0.3) is 0 Å². The van der Waals surface area contributed by atoms with Crippen LogP contribution in [0.3, 0.4) is 0 Å². The lowest BCUT2D eigenvalue weighted by Crippen LogP contribution is -2.43. The van der Waals surface area contributed by atoms with Crippen LogP contribution in [0.15, 0.2) is 17.3 Å². The molecule has 1 fully saturated rings. The summed E-state index contributed by atoms with van der Waals surface area (Å²) in [5, 5.41) is 3.29. The van der Waals surface area contributed by atoms with Crippen molar-refractivity contribution in [3.05, 3.63) is 23.8 Å². The van der Waals surface area contributed by atoms with E-state index < -0.39 is 0 Å². The topological polar surface area (TPSA) is 63.3 Å². The van der Waals surface area contributed by atoms with Crippen LogP contribution in [0.1, 0.15) is 25.5 Å². The normalized spacial score (nSPS) is 19.8. The van der Waals surface area contributed by atoms with Crippen molar-refractivity contribution in [1.82, 2.24) is 10.3 Å². The van der Waals surface area contributed by atoms with E-state index in [0.717, 1.165) is 25.9 Å². The quantitative estimate of drug-likeness (QED) is 0.622. The minimum atomic E-state index is -0.348. The fourth-order valence-corrected chi connectivity index (χ4v) is 2.07. The lowest BCUT2D eigenvalue weighted by atomic mass is 9.80. The number of hydrogen-bond donors (Lipinski definition) is 2. The molecule has 0 radical (unpaired) electrons. The Labute approximate surface area is 107 Å². The van der Waals surface area contributed by atoms with Crippen LogP contribution < -0.4 is 11.1 Å². The van der Waals surface area contributed by atoms with Gasteiger partial charge >= 0.3 is 0 Å². The molecule has 0 atom stereocenters. The number of nitrogens with one attached hydrogen (secondary N) is 1. The molecule has 0 saturated carbocycles. The molecule has 1 saturated heterocycles. The van der Waals surface area contributed by atoms with Gasteiger partial charge in [0.05, 0.1) is 17.6 Å². The number of hydrogen-bond acceptors (Lipinski definition) is 3. The molecule has 5 heteroatoms. The van der Waals surface area contributed by atoms with E-state index in [2.05, 4.69) is 22.2 Å². The SMILES string of the molecule is Cc1ncc(N=C(N)C2(C)CCNCC2)cc1F. The molecule has 2 rings (SSSR count). The second-order valence-electron chi connectivity index (χ2n) is 5.07. The van der Waals surface area contributed by atoms with E-state index in [0.29, 0.717) is 17.2 Å². The maximum absolute atomic E-state index is 13.4. The van der Waals surface area contributed by atoms with E-state index in [1.54, 1.807) is 13.1 Å². The first kappa shape index (κ1) is 13.0. The molecule has 1 aliphatic rings. The predicted octanol–water partition coefficient (Wildman–Crippen LogP) is 1.91. The molecule has 0 spiro atoms. The zero-order valence-corrected chi connectivity index (χ0v) is 10.8. The van der Waals surface area contributed by atoms with Gasteiger partial charge in [0.1, 0.15) is 11.7 Å². The maximum Gasteiger partial charge on any atom is 0.146 e. The number of nitrogens with two attached hydrogens (primary N) is 1. The maximum atomic E-state index is 13.4. The predicted molar refractivity (Wildman–Crippen MR) is 70.4 cm³/mol. The van der Waals surface area contributed by atoms with Gasteiger partial charge in [-0.2, -0.15) is 0 Å². The summed E-state index contributed by atoms with van der Waals surface area (Å²) in [7, 11) is 0. The van der Waals surface area contributed by atoms with E-state index in [4.69, 9.17) is 5.73 Å². The molecular weight excluding hydrogens is 231 g/mol. The lowest BCUT2D eigenvalue weighted by Gasteiger charge is -2.33. The molecule has 18 heavy (non-hydrogen) atoms. The Morgan fingerprint density at radius 1 is 1.50 bits per heavy atom. The standard InChI is InChI=1S/C13H19FN4/c1-9-11(14)7-10(8-17-9)18-12(15)13(2)3-5-16-6-4-13/h7-8,16H,3-6H2,1-2H3,(H2,15,18). The molecule has 0 bridgehead atoms. The first-order chi connectivity index (χ1) is 8.51. The third-order valence-corrected chi connectivity index (χ3v) is 3.59. The number of aryl methyl sites for hydroxylation is 1. The Kier molecular flexibility index (Phi) is 3.61. The van der Waals surface area contributed by atoms with Crippen LogP contribution >= 0.6 is 0 Å². The molecule has 0 amide bonds. The summed E-state index contributed by atoms with van der Waals surface area (Å²) >= 11 is 0. The Bertz CT molecular complexity index is 464. The Balaban J connectivity index is 2.23. The summed E-state index contributed by atoms with van der Waals surface area (Å²) in [5.74, 6) is 0.216.